The Bertz CT molecular complexity index is 605. The largest absolute Gasteiger partial charge is 0.483 e. The Hall–Kier alpha value is -2.15. The van der Waals surface area contributed by atoms with E-state index in [0.29, 0.717) is 12.4 Å². The third-order valence-electron chi connectivity index (χ3n) is 3.48. The minimum atomic E-state index is 0.329. The number of hydrogen-bond donors (Lipinski definition) is 1. The fourth-order valence-corrected chi connectivity index (χ4v) is 2.43. The molecule has 7 nitrogen and oxygen atoms in total. The van der Waals surface area contributed by atoms with Crippen LogP contribution in [0, 0.1) is 6.92 Å². The zero-order valence-electron chi connectivity index (χ0n) is 12.4. The van der Waals surface area contributed by atoms with E-state index in [0.717, 1.165) is 37.6 Å². The molecular weight excluding hydrogens is 268 g/mol. The molecule has 1 fully saturated rings. The van der Waals surface area contributed by atoms with Gasteiger partial charge in [0.2, 0.25) is 5.82 Å². The van der Waals surface area contributed by atoms with E-state index in [2.05, 4.69) is 44.7 Å². The summed E-state index contributed by atoms with van der Waals surface area (Å²) in [6, 6.07) is 6.25. The van der Waals surface area contributed by atoms with Crippen LogP contribution in [0.3, 0.4) is 0 Å². The summed E-state index contributed by atoms with van der Waals surface area (Å²) >= 11 is 0. The number of nitrogens with one attached hydrogen (secondary N) is 1. The molecule has 0 radical (unpaired) electrons. The summed E-state index contributed by atoms with van der Waals surface area (Å²) in [4.78, 5) is 3.79. The Morgan fingerprint density at radius 2 is 2.10 bits per heavy atom. The highest BCUT2D eigenvalue weighted by Crippen LogP contribution is 2.30. The predicted molar refractivity (Wildman–Crippen MR) is 79.4 cm³/mol. The van der Waals surface area contributed by atoms with Crippen molar-refractivity contribution in [2.45, 2.75) is 13.5 Å². The number of aryl methyl sites for hydroxylation is 2. The Kier molecular flexibility index (Phi) is 4.01. The normalized spacial score (nSPS) is 15.2. The molecule has 7 heteroatoms. The minimum absolute atomic E-state index is 0.329. The van der Waals surface area contributed by atoms with Gasteiger partial charge in [0.15, 0.2) is 6.61 Å². The molecule has 0 aliphatic carbocycles. The second-order valence-electron chi connectivity index (χ2n) is 5.19. The third kappa shape index (κ3) is 3.30. The lowest BCUT2D eigenvalue weighted by molar-refractivity contribution is 0.295. The first-order valence-electron chi connectivity index (χ1n) is 7.14. The average molecular weight is 288 g/mol. The second kappa shape index (κ2) is 6.09. The van der Waals surface area contributed by atoms with Crippen LogP contribution in [0.4, 0.5) is 5.69 Å². The van der Waals surface area contributed by atoms with Gasteiger partial charge in [0.25, 0.3) is 0 Å². The van der Waals surface area contributed by atoms with Crippen LogP contribution in [0.1, 0.15) is 11.4 Å². The van der Waals surface area contributed by atoms with Crippen molar-refractivity contribution in [2.75, 3.05) is 31.1 Å². The molecule has 2 heterocycles. The van der Waals surface area contributed by atoms with E-state index < -0.39 is 0 Å². The Balaban J connectivity index is 1.77. The molecule has 1 saturated heterocycles. The van der Waals surface area contributed by atoms with Gasteiger partial charge >= 0.3 is 0 Å². The Labute approximate surface area is 123 Å². The van der Waals surface area contributed by atoms with Gasteiger partial charge in [0.1, 0.15) is 5.75 Å². The van der Waals surface area contributed by atoms with Gasteiger partial charge in [-0.3, -0.25) is 0 Å². The number of nitrogens with zero attached hydrogens (tertiary/aromatic N) is 5. The molecule has 1 aromatic carbocycles. The van der Waals surface area contributed by atoms with Gasteiger partial charge in [-0.25, -0.2) is 0 Å². The molecule has 0 saturated carbocycles. The first kappa shape index (κ1) is 13.8. The number of aromatic nitrogens is 4. The van der Waals surface area contributed by atoms with Crippen molar-refractivity contribution in [1.29, 1.82) is 0 Å². The molecule has 21 heavy (non-hydrogen) atoms. The average Bonchev–Trinajstić information content (AvgIpc) is 2.92. The van der Waals surface area contributed by atoms with Crippen LogP contribution in [-0.2, 0) is 13.7 Å². The van der Waals surface area contributed by atoms with Gasteiger partial charge in [-0.2, -0.15) is 4.80 Å². The van der Waals surface area contributed by atoms with Gasteiger partial charge in [-0.15, -0.1) is 10.2 Å². The molecule has 112 valence electrons. The molecular formula is C14H20N6O. The van der Waals surface area contributed by atoms with E-state index in [-0.39, 0.29) is 0 Å². The van der Waals surface area contributed by atoms with Gasteiger partial charge < -0.3 is 15.0 Å². The first-order valence-corrected chi connectivity index (χ1v) is 7.14. The van der Waals surface area contributed by atoms with Crippen LogP contribution < -0.4 is 15.0 Å². The van der Waals surface area contributed by atoms with Crippen LogP contribution in [0.2, 0.25) is 0 Å². The summed E-state index contributed by atoms with van der Waals surface area (Å²) < 4.78 is 5.90. The van der Waals surface area contributed by atoms with Crippen LogP contribution in [0.5, 0.6) is 5.75 Å². The molecule has 1 aromatic heterocycles. The lowest BCUT2D eigenvalue weighted by Crippen LogP contribution is -2.43. The molecule has 0 unspecified atom stereocenters. The molecule has 0 spiro atoms. The first-order chi connectivity index (χ1) is 10.2. The predicted octanol–water partition coefficient (Wildman–Crippen LogP) is 0.507. The molecule has 0 bridgehead atoms. The van der Waals surface area contributed by atoms with Gasteiger partial charge in [0.05, 0.1) is 12.7 Å². The Morgan fingerprint density at radius 3 is 2.81 bits per heavy atom. The minimum Gasteiger partial charge on any atom is -0.483 e. The van der Waals surface area contributed by atoms with E-state index in [1.807, 2.05) is 6.07 Å². The summed E-state index contributed by atoms with van der Waals surface area (Å²) in [6.45, 7) is 6.40. The molecule has 3 rings (SSSR count). The topological polar surface area (TPSA) is 68.1 Å². The number of piperazine rings is 1. The van der Waals surface area contributed by atoms with Crippen molar-refractivity contribution in [3.63, 3.8) is 0 Å². The lowest BCUT2D eigenvalue weighted by atomic mass is 10.1. The van der Waals surface area contributed by atoms with E-state index in [9.17, 15) is 0 Å². The maximum Gasteiger partial charge on any atom is 0.212 e. The standard InChI is InChI=1S/C14H20N6O/c1-11-3-4-13(21-10-14-16-18-19(2)17-14)12(9-11)20-7-5-15-6-8-20/h3-4,9,15H,5-8,10H2,1-2H3. The van der Waals surface area contributed by atoms with Crippen molar-refractivity contribution in [2.24, 2.45) is 7.05 Å². The number of hydrogen-bond acceptors (Lipinski definition) is 6. The molecule has 1 aliphatic rings. The van der Waals surface area contributed by atoms with E-state index >= 15 is 0 Å². The number of tetrazole rings is 1. The fraction of sp³-hybridized carbons (Fsp3) is 0.500. The van der Waals surface area contributed by atoms with Crippen molar-refractivity contribution in [1.82, 2.24) is 25.5 Å². The van der Waals surface area contributed by atoms with Gasteiger partial charge in [-0.05, 0) is 29.8 Å². The lowest BCUT2D eigenvalue weighted by Gasteiger charge is -2.31. The maximum atomic E-state index is 5.90. The van der Waals surface area contributed by atoms with Crippen molar-refractivity contribution in [3.05, 3.63) is 29.6 Å². The number of anilines is 1. The zero-order chi connectivity index (χ0) is 14.7. The summed E-state index contributed by atoms with van der Waals surface area (Å²) in [6.07, 6.45) is 0. The number of ether oxygens (including phenoxy) is 1. The number of benzene rings is 1. The summed E-state index contributed by atoms with van der Waals surface area (Å²) in [5.74, 6) is 1.46. The van der Waals surface area contributed by atoms with Gasteiger partial charge in [-0.1, -0.05) is 6.07 Å². The smallest absolute Gasteiger partial charge is 0.212 e. The van der Waals surface area contributed by atoms with Gasteiger partial charge in [0, 0.05) is 26.2 Å². The van der Waals surface area contributed by atoms with E-state index in [4.69, 9.17) is 4.74 Å². The maximum absolute atomic E-state index is 5.90. The molecule has 1 aliphatic heterocycles. The summed E-state index contributed by atoms with van der Waals surface area (Å²) in [7, 11) is 1.74. The summed E-state index contributed by atoms with van der Waals surface area (Å²) in [5, 5.41) is 15.3. The highest BCUT2D eigenvalue weighted by molar-refractivity contribution is 5.60. The van der Waals surface area contributed by atoms with Crippen LogP contribution in [0.15, 0.2) is 18.2 Å². The quantitative estimate of drug-likeness (QED) is 0.884. The van der Waals surface area contributed by atoms with E-state index in [1.54, 1.807) is 7.05 Å². The van der Waals surface area contributed by atoms with Crippen molar-refractivity contribution < 1.29 is 4.74 Å². The second-order valence-corrected chi connectivity index (χ2v) is 5.19. The van der Waals surface area contributed by atoms with Crippen molar-refractivity contribution >= 4 is 5.69 Å². The zero-order valence-corrected chi connectivity index (χ0v) is 12.4. The van der Waals surface area contributed by atoms with Crippen LogP contribution in [0.25, 0.3) is 0 Å². The highest BCUT2D eigenvalue weighted by atomic mass is 16.5. The van der Waals surface area contributed by atoms with Crippen LogP contribution >= 0.6 is 0 Å². The summed E-state index contributed by atoms with van der Waals surface area (Å²) in [5.41, 5.74) is 2.37. The molecule has 2 aromatic rings. The Morgan fingerprint density at radius 1 is 1.29 bits per heavy atom. The fourth-order valence-electron chi connectivity index (χ4n) is 2.43. The molecule has 0 atom stereocenters. The van der Waals surface area contributed by atoms with E-state index in [1.165, 1.54) is 10.4 Å². The SMILES string of the molecule is Cc1ccc(OCc2nnn(C)n2)c(N2CCNCC2)c1. The van der Waals surface area contributed by atoms with Crippen LogP contribution in [-0.4, -0.2) is 46.4 Å². The molecule has 0 amide bonds. The molecule has 1 N–H and O–H groups in total. The highest BCUT2D eigenvalue weighted by Gasteiger charge is 2.16. The third-order valence-corrected chi connectivity index (χ3v) is 3.48. The number of rotatable bonds is 4. The van der Waals surface area contributed by atoms with Crippen molar-refractivity contribution in [3.8, 4) is 5.75 Å². The monoisotopic (exact) mass is 288 g/mol.